The summed E-state index contributed by atoms with van der Waals surface area (Å²) in [6, 6.07) is 10.6. The molecule has 1 amide bonds. The van der Waals surface area contributed by atoms with Crippen LogP contribution in [-0.2, 0) is 14.3 Å². The lowest BCUT2D eigenvalue weighted by atomic mass is 10.2. The van der Waals surface area contributed by atoms with Crippen molar-refractivity contribution >= 4 is 71.8 Å². The maximum absolute atomic E-state index is 12.0. The highest BCUT2D eigenvalue weighted by Crippen LogP contribution is 2.40. The molecule has 1 N–H and O–H groups in total. The lowest BCUT2D eigenvalue weighted by molar-refractivity contribution is -0.145. The molecule has 150 valence electrons. The summed E-state index contributed by atoms with van der Waals surface area (Å²) in [6.07, 6.45) is -0.367. The molecule has 0 aliphatic heterocycles. The molecule has 0 bridgehead atoms. The van der Waals surface area contributed by atoms with Crippen LogP contribution >= 0.6 is 43.5 Å². The topological polar surface area (TPSA) is 90.4 Å². The molecule has 1 aromatic heterocycles. The van der Waals surface area contributed by atoms with E-state index in [4.69, 9.17) is 21.1 Å². The second-order valence-corrected chi connectivity index (χ2v) is 7.81. The van der Waals surface area contributed by atoms with Crippen LogP contribution in [0, 0.1) is 0 Å². The van der Waals surface area contributed by atoms with E-state index in [-0.39, 0.29) is 24.1 Å². The van der Waals surface area contributed by atoms with E-state index in [1.54, 1.807) is 19.1 Å². The molecular weight excluding hydrogens is 529 g/mol. The van der Waals surface area contributed by atoms with Gasteiger partial charge in [-0.05, 0) is 57.0 Å². The zero-order valence-electron chi connectivity index (χ0n) is 15.0. The maximum atomic E-state index is 12.0. The Labute approximate surface area is 188 Å². The van der Waals surface area contributed by atoms with Gasteiger partial charge in [-0.25, -0.2) is 0 Å². The minimum Gasteiger partial charge on any atom is -0.466 e. The van der Waals surface area contributed by atoms with Gasteiger partial charge >= 0.3 is 5.97 Å². The summed E-state index contributed by atoms with van der Waals surface area (Å²) in [5, 5.41) is 12.3. The summed E-state index contributed by atoms with van der Waals surface area (Å²) in [7, 11) is 0. The SMILES string of the molecule is CCOC(=O)CC(=O)Nc1cc(Br)c(Oc2nnc(Cl)c3ccccc23)c(Br)c1. The zero-order chi connectivity index (χ0) is 21.0. The Bertz CT molecular complexity index is 1070. The van der Waals surface area contributed by atoms with Crippen LogP contribution in [0.5, 0.6) is 11.6 Å². The summed E-state index contributed by atoms with van der Waals surface area (Å²) in [5.41, 5.74) is 0.470. The molecule has 3 rings (SSSR count). The first-order valence-electron chi connectivity index (χ1n) is 8.42. The Balaban J connectivity index is 1.83. The van der Waals surface area contributed by atoms with Gasteiger partial charge in [0.2, 0.25) is 11.8 Å². The number of carbonyl (C=O) groups excluding carboxylic acids is 2. The largest absolute Gasteiger partial charge is 0.466 e. The quantitative estimate of drug-likeness (QED) is 0.327. The van der Waals surface area contributed by atoms with Gasteiger partial charge in [0.1, 0.15) is 6.42 Å². The van der Waals surface area contributed by atoms with E-state index in [2.05, 4.69) is 47.4 Å². The normalized spacial score (nSPS) is 10.6. The van der Waals surface area contributed by atoms with Crippen LogP contribution in [0.25, 0.3) is 10.8 Å². The highest BCUT2D eigenvalue weighted by molar-refractivity contribution is 9.11. The molecule has 7 nitrogen and oxygen atoms in total. The third kappa shape index (κ3) is 5.23. The van der Waals surface area contributed by atoms with Crippen molar-refractivity contribution in [3.8, 4) is 11.6 Å². The molecule has 0 atom stereocenters. The van der Waals surface area contributed by atoms with Gasteiger partial charge in [-0.3, -0.25) is 9.59 Å². The van der Waals surface area contributed by atoms with Crippen molar-refractivity contribution in [2.45, 2.75) is 13.3 Å². The number of esters is 1. The van der Waals surface area contributed by atoms with Gasteiger partial charge in [-0.15, -0.1) is 10.2 Å². The number of aromatic nitrogens is 2. The molecule has 0 aliphatic carbocycles. The lowest BCUT2D eigenvalue weighted by Crippen LogP contribution is -2.18. The number of amides is 1. The van der Waals surface area contributed by atoms with Gasteiger partial charge in [-0.1, -0.05) is 29.8 Å². The standard InChI is InChI=1S/C19H14Br2ClN3O4/c1-2-28-16(27)9-15(26)23-10-7-13(20)17(14(21)8-10)29-19-12-6-4-3-5-11(12)18(22)24-25-19/h3-8H,2,9H2,1H3,(H,23,26). The second kappa shape index (κ2) is 9.51. The van der Waals surface area contributed by atoms with E-state index in [1.165, 1.54) is 0 Å². The molecule has 0 saturated carbocycles. The number of anilines is 1. The van der Waals surface area contributed by atoms with Crippen LogP contribution in [0.4, 0.5) is 5.69 Å². The molecule has 0 spiro atoms. The fourth-order valence-corrected chi connectivity index (χ4v) is 4.05. The Morgan fingerprint density at radius 2 is 1.76 bits per heavy atom. The summed E-state index contributed by atoms with van der Waals surface area (Å²) in [5.74, 6) is -0.345. The first kappa shape index (κ1) is 21.5. The van der Waals surface area contributed by atoms with Crippen molar-refractivity contribution in [2.24, 2.45) is 0 Å². The Morgan fingerprint density at radius 1 is 1.10 bits per heavy atom. The van der Waals surface area contributed by atoms with E-state index in [9.17, 15) is 9.59 Å². The van der Waals surface area contributed by atoms with E-state index in [0.717, 1.165) is 0 Å². The number of fused-ring (bicyclic) bond motifs is 1. The fourth-order valence-electron chi connectivity index (χ4n) is 2.50. The molecule has 1 heterocycles. The number of benzene rings is 2. The van der Waals surface area contributed by atoms with Gasteiger partial charge in [-0.2, -0.15) is 0 Å². The Morgan fingerprint density at radius 3 is 2.41 bits per heavy atom. The van der Waals surface area contributed by atoms with E-state index in [0.29, 0.717) is 31.2 Å². The fraction of sp³-hybridized carbons (Fsp3) is 0.158. The molecule has 29 heavy (non-hydrogen) atoms. The third-order valence-electron chi connectivity index (χ3n) is 3.70. The van der Waals surface area contributed by atoms with Crippen LogP contribution in [0.3, 0.4) is 0 Å². The minimum absolute atomic E-state index is 0.220. The highest BCUT2D eigenvalue weighted by atomic mass is 79.9. The molecular formula is C19H14Br2ClN3O4. The van der Waals surface area contributed by atoms with Gasteiger partial charge in [0.15, 0.2) is 10.9 Å². The molecule has 3 aromatic rings. The minimum atomic E-state index is -0.587. The Kier molecular flexibility index (Phi) is 7.05. The summed E-state index contributed by atoms with van der Waals surface area (Å²) in [4.78, 5) is 23.4. The number of nitrogens with one attached hydrogen (secondary N) is 1. The van der Waals surface area contributed by atoms with Crippen molar-refractivity contribution in [1.82, 2.24) is 10.2 Å². The third-order valence-corrected chi connectivity index (χ3v) is 5.16. The number of rotatable bonds is 6. The molecule has 0 unspecified atom stereocenters. The molecule has 0 saturated heterocycles. The predicted molar refractivity (Wildman–Crippen MR) is 116 cm³/mol. The zero-order valence-corrected chi connectivity index (χ0v) is 19.0. The first-order valence-corrected chi connectivity index (χ1v) is 10.4. The molecule has 2 aromatic carbocycles. The Hall–Kier alpha value is -2.23. The van der Waals surface area contributed by atoms with E-state index >= 15 is 0 Å². The summed E-state index contributed by atoms with van der Waals surface area (Å²) < 4.78 is 11.8. The van der Waals surface area contributed by atoms with Crippen LogP contribution < -0.4 is 10.1 Å². The van der Waals surface area contributed by atoms with Gasteiger partial charge in [0.05, 0.1) is 15.6 Å². The number of nitrogens with zero attached hydrogens (tertiary/aromatic N) is 2. The number of halogens is 3. The molecule has 0 aliphatic rings. The van der Waals surface area contributed by atoms with E-state index < -0.39 is 11.9 Å². The monoisotopic (exact) mass is 541 g/mol. The smallest absolute Gasteiger partial charge is 0.315 e. The molecule has 0 radical (unpaired) electrons. The summed E-state index contributed by atoms with van der Waals surface area (Å²) >= 11 is 13.0. The summed E-state index contributed by atoms with van der Waals surface area (Å²) in [6.45, 7) is 1.90. The van der Waals surface area contributed by atoms with Crippen molar-refractivity contribution < 1.29 is 19.1 Å². The first-order chi connectivity index (χ1) is 13.9. The van der Waals surface area contributed by atoms with Crippen molar-refractivity contribution in [3.05, 3.63) is 50.5 Å². The van der Waals surface area contributed by atoms with Gasteiger partial charge in [0, 0.05) is 16.5 Å². The molecule has 10 heteroatoms. The van der Waals surface area contributed by atoms with Crippen LogP contribution in [0.15, 0.2) is 45.3 Å². The number of ether oxygens (including phenoxy) is 2. The van der Waals surface area contributed by atoms with Crippen molar-refractivity contribution in [3.63, 3.8) is 0 Å². The second-order valence-electron chi connectivity index (χ2n) is 5.74. The van der Waals surface area contributed by atoms with E-state index in [1.807, 2.05) is 24.3 Å². The lowest BCUT2D eigenvalue weighted by Gasteiger charge is -2.13. The van der Waals surface area contributed by atoms with Crippen LogP contribution in [0.1, 0.15) is 13.3 Å². The van der Waals surface area contributed by atoms with Crippen LogP contribution in [0.2, 0.25) is 5.15 Å². The van der Waals surface area contributed by atoms with Crippen LogP contribution in [-0.4, -0.2) is 28.7 Å². The average molecular weight is 544 g/mol. The van der Waals surface area contributed by atoms with Crippen molar-refractivity contribution in [1.29, 1.82) is 0 Å². The molecule has 0 fully saturated rings. The average Bonchev–Trinajstić information content (AvgIpc) is 2.66. The number of hydrogen-bond acceptors (Lipinski definition) is 6. The number of carbonyl (C=O) groups is 2. The number of hydrogen-bond donors (Lipinski definition) is 1. The van der Waals surface area contributed by atoms with Gasteiger partial charge in [0.25, 0.3) is 0 Å². The predicted octanol–water partition coefficient (Wildman–Crippen LogP) is 5.49. The van der Waals surface area contributed by atoms with Crippen molar-refractivity contribution in [2.75, 3.05) is 11.9 Å². The maximum Gasteiger partial charge on any atom is 0.315 e. The van der Waals surface area contributed by atoms with Gasteiger partial charge < -0.3 is 14.8 Å². The highest BCUT2D eigenvalue weighted by Gasteiger charge is 2.16.